The van der Waals surface area contributed by atoms with Crippen LogP contribution in [0.4, 0.5) is 0 Å². The normalized spacial score (nSPS) is 22.5. The molecule has 0 aromatic carbocycles. The molecule has 0 N–H and O–H groups in total. The highest BCUT2D eigenvalue weighted by atomic mass is 16.2. The minimum Gasteiger partial charge on any atom is -0.337 e. The van der Waals surface area contributed by atoms with Crippen molar-refractivity contribution in [3.63, 3.8) is 0 Å². The number of piperidine rings is 2. The number of hydrogen-bond donors (Lipinski definition) is 0. The summed E-state index contributed by atoms with van der Waals surface area (Å²) in [7, 11) is 0. The van der Waals surface area contributed by atoms with E-state index >= 15 is 0 Å². The lowest BCUT2D eigenvalue weighted by atomic mass is 9.73. The summed E-state index contributed by atoms with van der Waals surface area (Å²) in [5, 5.41) is 7.77. The summed E-state index contributed by atoms with van der Waals surface area (Å²) in [4.78, 5) is 37.7. The molecule has 4 heterocycles. The van der Waals surface area contributed by atoms with E-state index in [0.717, 1.165) is 30.7 Å². The molecule has 8 nitrogen and oxygen atoms in total. The van der Waals surface area contributed by atoms with Gasteiger partial charge in [-0.2, -0.15) is 5.10 Å². The van der Waals surface area contributed by atoms with Crippen molar-refractivity contribution in [2.24, 2.45) is 5.41 Å². The van der Waals surface area contributed by atoms with Crippen LogP contribution in [0.15, 0.2) is 30.7 Å². The van der Waals surface area contributed by atoms with Gasteiger partial charge in [0, 0.05) is 43.9 Å². The van der Waals surface area contributed by atoms with Crippen LogP contribution in [0.1, 0.15) is 47.6 Å². The molecule has 2 saturated heterocycles. The highest BCUT2D eigenvalue weighted by Crippen LogP contribution is 2.39. The number of aromatic nitrogens is 4. The highest BCUT2D eigenvalue weighted by molar-refractivity contribution is 5.92. The Morgan fingerprint density at radius 3 is 2.86 bits per heavy atom. The molecule has 2 aliphatic rings. The van der Waals surface area contributed by atoms with E-state index in [1.807, 2.05) is 16.7 Å². The highest BCUT2D eigenvalue weighted by Gasteiger charge is 2.43. The summed E-state index contributed by atoms with van der Waals surface area (Å²) in [5.41, 5.74) is 1.95. The molecular weight excluding hydrogens is 356 g/mol. The molecule has 1 unspecified atom stereocenters. The maximum Gasteiger partial charge on any atom is 0.274 e. The standard InChI is InChI=1S/C20H24N6O2/c1-15-10-22-16(11-21-15)12-26-14-20(7-5-18(26)27)6-3-9-25(13-20)19(28)17-4-2-8-23-24-17/h2,4,8,10-11H,3,5-7,9,12-14H2,1H3. The lowest BCUT2D eigenvalue weighted by molar-refractivity contribution is -0.139. The van der Waals surface area contributed by atoms with Gasteiger partial charge >= 0.3 is 0 Å². The zero-order valence-electron chi connectivity index (χ0n) is 16.0. The molecular formula is C20H24N6O2. The Kier molecular flexibility index (Phi) is 5.02. The second-order valence-electron chi connectivity index (χ2n) is 7.84. The maximum absolute atomic E-state index is 12.8. The third kappa shape index (κ3) is 3.85. The summed E-state index contributed by atoms with van der Waals surface area (Å²) < 4.78 is 0. The number of carbonyl (C=O) groups is 2. The van der Waals surface area contributed by atoms with Crippen molar-refractivity contribution < 1.29 is 9.59 Å². The first-order chi connectivity index (χ1) is 13.5. The molecule has 2 aromatic rings. The molecule has 0 aliphatic carbocycles. The van der Waals surface area contributed by atoms with Gasteiger partial charge in [-0.1, -0.05) is 0 Å². The molecule has 2 fully saturated rings. The molecule has 146 valence electrons. The van der Waals surface area contributed by atoms with E-state index in [1.54, 1.807) is 30.7 Å². The molecule has 0 bridgehead atoms. The molecule has 1 spiro atoms. The smallest absolute Gasteiger partial charge is 0.274 e. The first-order valence-electron chi connectivity index (χ1n) is 9.67. The van der Waals surface area contributed by atoms with E-state index in [4.69, 9.17) is 0 Å². The van der Waals surface area contributed by atoms with Crippen LogP contribution in [-0.4, -0.2) is 61.4 Å². The summed E-state index contributed by atoms with van der Waals surface area (Å²) in [5.74, 6) is 0.0606. The lowest BCUT2D eigenvalue weighted by Gasteiger charge is -2.48. The van der Waals surface area contributed by atoms with Gasteiger partial charge in [-0.15, -0.1) is 5.10 Å². The summed E-state index contributed by atoms with van der Waals surface area (Å²) in [6, 6.07) is 3.42. The fourth-order valence-corrected chi connectivity index (χ4v) is 4.23. The van der Waals surface area contributed by atoms with Gasteiger partial charge in [-0.05, 0) is 38.3 Å². The van der Waals surface area contributed by atoms with E-state index < -0.39 is 0 Å². The third-order valence-corrected chi connectivity index (χ3v) is 5.68. The zero-order chi connectivity index (χ0) is 19.6. The largest absolute Gasteiger partial charge is 0.337 e. The second kappa shape index (κ2) is 7.61. The first-order valence-corrected chi connectivity index (χ1v) is 9.67. The number of amides is 2. The minimum atomic E-state index is -0.0833. The third-order valence-electron chi connectivity index (χ3n) is 5.68. The first kappa shape index (κ1) is 18.5. The predicted octanol–water partition coefficient (Wildman–Crippen LogP) is 1.62. The number of hydrogen-bond acceptors (Lipinski definition) is 6. The van der Waals surface area contributed by atoms with Crippen molar-refractivity contribution in [2.75, 3.05) is 19.6 Å². The van der Waals surface area contributed by atoms with E-state index in [-0.39, 0.29) is 17.2 Å². The Morgan fingerprint density at radius 2 is 2.11 bits per heavy atom. The number of carbonyl (C=O) groups excluding carboxylic acids is 2. The van der Waals surface area contributed by atoms with E-state index in [2.05, 4.69) is 20.2 Å². The van der Waals surface area contributed by atoms with E-state index in [0.29, 0.717) is 38.3 Å². The van der Waals surface area contributed by atoms with Crippen molar-refractivity contribution >= 4 is 11.8 Å². The van der Waals surface area contributed by atoms with Crippen molar-refractivity contribution in [2.45, 2.75) is 39.2 Å². The Hall–Kier alpha value is -2.90. The quantitative estimate of drug-likeness (QED) is 0.803. The molecule has 8 heteroatoms. The van der Waals surface area contributed by atoms with Crippen LogP contribution >= 0.6 is 0 Å². The Labute approximate surface area is 164 Å². The fraction of sp³-hybridized carbons (Fsp3) is 0.500. The lowest BCUT2D eigenvalue weighted by Crippen LogP contribution is -2.55. The van der Waals surface area contributed by atoms with Gasteiger partial charge < -0.3 is 9.80 Å². The molecule has 0 saturated carbocycles. The monoisotopic (exact) mass is 380 g/mol. The average Bonchev–Trinajstić information content (AvgIpc) is 2.73. The van der Waals surface area contributed by atoms with Crippen molar-refractivity contribution in [3.05, 3.63) is 47.8 Å². The van der Waals surface area contributed by atoms with Crippen molar-refractivity contribution in [3.8, 4) is 0 Å². The number of aryl methyl sites for hydroxylation is 1. The van der Waals surface area contributed by atoms with Gasteiger partial charge in [0.2, 0.25) is 5.91 Å². The molecule has 2 aromatic heterocycles. The van der Waals surface area contributed by atoms with Crippen LogP contribution in [0.25, 0.3) is 0 Å². The topological polar surface area (TPSA) is 92.2 Å². The maximum atomic E-state index is 12.8. The van der Waals surface area contributed by atoms with Gasteiger partial charge in [-0.25, -0.2) is 0 Å². The van der Waals surface area contributed by atoms with Crippen LogP contribution in [0.3, 0.4) is 0 Å². The molecule has 28 heavy (non-hydrogen) atoms. The van der Waals surface area contributed by atoms with Crippen molar-refractivity contribution in [1.29, 1.82) is 0 Å². The van der Waals surface area contributed by atoms with Crippen LogP contribution in [0.5, 0.6) is 0 Å². The average molecular weight is 380 g/mol. The van der Waals surface area contributed by atoms with Gasteiger partial charge in [0.15, 0.2) is 5.69 Å². The predicted molar refractivity (Wildman–Crippen MR) is 101 cm³/mol. The second-order valence-corrected chi connectivity index (χ2v) is 7.84. The molecule has 1 atom stereocenters. The van der Waals surface area contributed by atoms with Crippen LogP contribution in [0.2, 0.25) is 0 Å². The summed E-state index contributed by atoms with van der Waals surface area (Å²) in [6.45, 7) is 4.36. The van der Waals surface area contributed by atoms with Gasteiger partial charge in [0.05, 0.1) is 24.1 Å². The molecule has 0 radical (unpaired) electrons. The van der Waals surface area contributed by atoms with Crippen LogP contribution in [0, 0.1) is 12.3 Å². The van der Waals surface area contributed by atoms with Crippen LogP contribution in [-0.2, 0) is 11.3 Å². The van der Waals surface area contributed by atoms with E-state index in [1.165, 1.54) is 0 Å². The van der Waals surface area contributed by atoms with Crippen LogP contribution < -0.4 is 0 Å². The number of rotatable bonds is 3. The van der Waals surface area contributed by atoms with Gasteiger partial charge in [-0.3, -0.25) is 19.6 Å². The number of nitrogens with zero attached hydrogens (tertiary/aromatic N) is 6. The van der Waals surface area contributed by atoms with Crippen molar-refractivity contribution in [1.82, 2.24) is 30.0 Å². The fourth-order valence-electron chi connectivity index (χ4n) is 4.23. The Balaban J connectivity index is 1.48. The number of likely N-dealkylation sites (tertiary alicyclic amines) is 2. The van der Waals surface area contributed by atoms with Gasteiger partial charge in [0.1, 0.15) is 0 Å². The SMILES string of the molecule is Cc1cnc(CN2CC3(CCCN(C(=O)c4cccnn4)C3)CCC2=O)cn1. The van der Waals surface area contributed by atoms with E-state index in [9.17, 15) is 9.59 Å². The minimum absolute atomic E-state index is 0.0673. The zero-order valence-corrected chi connectivity index (χ0v) is 16.0. The molecule has 2 amide bonds. The van der Waals surface area contributed by atoms with Gasteiger partial charge in [0.25, 0.3) is 5.91 Å². The summed E-state index contributed by atoms with van der Waals surface area (Å²) >= 11 is 0. The summed E-state index contributed by atoms with van der Waals surface area (Å²) in [6.07, 6.45) is 8.28. The molecule has 2 aliphatic heterocycles. The Bertz CT molecular complexity index is 857. The Morgan fingerprint density at radius 1 is 1.21 bits per heavy atom. The molecule has 4 rings (SSSR count).